The van der Waals surface area contributed by atoms with E-state index in [1.807, 2.05) is 44.2 Å². The predicted molar refractivity (Wildman–Crippen MR) is 154 cm³/mol. The molecule has 7 atom stereocenters. The Bertz CT molecular complexity index is 1120. The first-order valence-electron chi connectivity index (χ1n) is 14.5. The average molecular weight is 552 g/mol. The van der Waals surface area contributed by atoms with Gasteiger partial charge in [-0.1, -0.05) is 55.8 Å². The van der Waals surface area contributed by atoms with E-state index in [-0.39, 0.29) is 30.4 Å². The molecular weight excluding hydrogens is 506 g/mol. The van der Waals surface area contributed by atoms with Crippen LogP contribution in [0.4, 0.5) is 0 Å². The second-order valence-corrected chi connectivity index (χ2v) is 11.9. The van der Waals surface area contributed by atoms with E-state index >= 15 is 0 Å². The van der Waals surface area contributed by atoms with Crippen LogP contribution in [0.15, 0.2) is 55.6 Å². The third-order valence-electron chi connectivity index (χ3n) is 9.26. The van der Waals surface area contributed by atoms with Crippen molar-refractivity contribution in [1.82, 2.24) is 14.7 Å². The highest BCUT2D eigenvalue weighted by molar-refractivity contribution is 5.99. The summed E-state index contributed by atoms with van der Waals surface area (Å²) in [6.45, 7) is 14.0. The number of hydrogen-bond donors (Lipinski definition) is 1. The Kier molecular flexibility index (Phi) is 8.90. The van der Waals surface area contributed by atoms with Crippen LogP contribution in [-0.4, -0.2) is 93.6 Å². The van der Waals surface area contributed by atoms with E-state index in [0.29, 0.717) is 32.4 Å². The molecule has 2 bridgehead atoms. The standard InChI is InChI=1S/C32H45N3O5/c1-7-13-22(4)34(19-9-3)30(39)27-32-17-16-31(5,40-32)25(28(37)33(6)18-8-2)26(32)29(38)35(27)24(21-36)20-23-14-11-10-12-15-23/h8-12,14-15,22,24-27,36H,2-3,7,13,16-21H2,1,4-6H3/t22?,24-,25-,26+,27?,31+,32?/m1/s1. The van der Waals surface area contributed by atoms with Gasteiger partial charge >= 0.3 is 0 Å². The Balaban J connectivity index is 1.83. The van der Waals surface area contributed by atoms with Crippen LogP contribution >= 0.6 is 0 Å². The van der Waals surface area contributed by atoms with Crippen LogP contribution in [0.3, 0.4) is 0 Å². The van der Waals surface area contributed by atoms with Gasteiger partial charge in [0.2, 0.25) is 17.7 Å². The number of carbonyl (C=O) groups excluding carboxylic acids is 3. The smallest absolute Gasteiger partial charge is 0.248 e. The van der Waals surface area contributed by atoms with Gasteiger partial charge in [-0.3, -0.25) is 14.4 Å². The summed E-state index contributed by atoms with van der Waals surface area (Å²) in [6, 6.07) is 7.98. The summed E-state index contributed by atoms with van der Waals surface area (Å²) in [4.78, 5) is 47.9. The van der Waals surface area contributed by atoms with Crippen molar-refractivity contribution in [3.05, 3.63) is 61.2 Å². The number of aliphatic hydroxyl groups is 1. The molecule has 1 aromatic rings. The quantitative estimate of drug-likeness (QED) is 0.381. The van der Waals surface area contributed by atoms with Gasteiger partial charge in [0.25, 0.3) is 0 Å². The van der Waals surface area contributed by atoms with E-state index in [4.69, 9.17) is 4.74 Å². The molecule has 218 valence electrons. The van der Waals surface area contributed by atoms with E-state index in [2.05, 4.69) is 20.1 Å². The minimum atomic E-state index is -1.15. The fourth-order valence-corrected chi connectivity index (χ4v) is 7.43. The van der Waals surface area contributed by atoms with Crippen LogP contribution in [0.1, 0.15) is 52.0 Å². The minimum absolute atomic E-state index is 0.0741. The van der Waals surface area contributed by atoms with Crippen molar-refractivity contribution in [3.63, 3.8) is 0 Å². The Morgan fingerprint density at radius 1 is 1.18 bits per heavy atom. The van der Waals surface area contributed by atoms with Crippen molar-refractivity contribution < 1.29 is 24.2 Å². The first-order valence-corrected chi connectivity index (χ1v) is 14.5. The Morgan fingerprint density at radius 2 is 1.85 bits per heavy atom. The van der Waals surface area contributed by atoms with Crippen LogP contribution in [0.25, 0.3) is 0 Å². The molecule has 0 saturated carbocycles. The lowest BCUT2D eigenvalue weighted by Gasteiger charge is -2.41. The molecule has 1 spiro atoms. The van der Waals surface area contributed by atoms with Gasteiger partial charge in [-0.15, -0.1) is 13.2 Å². The number of carbonyl (C=O) groups is 3. The second kappa shape index (κ2) is 11.9. The van der Waals surface area contributed by atoms with Crippen LogP contribution in [0.2, 0.25) is 0 Å². The Morgan fingerprint density at radius 3 is 2.45 bits per heavy atom. The molecule has 40 heavy (non-hydrogen) atoms. The molecule has 8 nitrogen and oxygen atoms in total. The molecule has 3 saturated heterocycles. The molecule has 0 radical (unpaired) electrons. The Labute approximate surface area is 238 Å². The van der Waals surface area contributed by atoms with E-state index in [1.165, 1.54) is 0 Å². The van der Waals surface area contributed by atoms with Gasteiger partial charge in [0.1, 0.15) is 11.6 Å². The maximum atomic E-state index is 14.6. The number of amides is 3. The predicted octanol–water partition coefficient (Wildman–Crippen LogP) is 3.20. The lowest BCUT2D eigenvalue weighted by molar-refractivity contribution is -0.157. The highest BCUT2D eigenvalue weighted by Crippen LogP contribution is 2.64. The number of nitrogens with zero attached hydrogens (tertiary/aromatic N) is 3. The highest BCUT2D eigenvalue weighted by atomic mass is 16.5. The third kappa shape index (κ3) is 4.90. The van der Waals surface area contributed by atoms with E-state index in [1.54, 1.807) is 33.9 Å². The molecule has 1 N–H and O–H groups in total. The summed E-state index contributed by atoms with van der Waals surface area (Å²) in [6.07, 6.45) is 6.51. The molecule has 3 aliphatic rings. The Hall–Kier alpha value is -2.97. The van der Waals surface area contributed by atoms with Crippen LogP contribution in [0, 0.1) is 11.8 Å². The van der Waals surface area contributed by atoms with Crippen molar-refractivity contribution >= 4 is 17.7 Å². The number of ether oxygens (including phenoxy) is 1. The highest BCUT2D eigenvalue weighted by Gasteiger charge is 2.78. The normalized spacial score (nSPS) is 30.1. The van der Waals surface area contributed by atoms with Crippen molar-refractivity contribution in [2.45, 2.75) is 82.2 Å². The lowest BCUT2D eigenvalue weighted by Crippen LogP contribution is -2.60. The van der Waals surface area contributed by atoms with Gasteiger partial charge < -0.3 is 24.5 Å². The molecule has 3 heterocycles. The molecule has 3 aliphatic heterocycles. The summed E-state index contributed by atoms with van der Waals surface area (Å²) < 4.78 is 6.79. The number of fused-ring (bicyclic) bond motifs is 1. The largest absolute Gasteiger partial charge is 0.394 e. The van der Waals surface area contributed by atoms with Crippen molar-refractivity contribution in [2.75, 3.05) is 26.7 Å². The number of aliphatic hydroxyl groups excluding tert-OH is 1. The van der Waals surface area contributed by atoms with Gasteiger partial charge in [0.05, 0.1) is 30.1 Å². The van der Waals surface area contributed by atoms with Crippen LogP contribution < -0.4 is 0 Å². The molecule has 8 heteroatoms. The second-order valence-electron chi connectivity index (χ2n) is 11.9. The molecule has 4 rings (SSSR count). The molecule has 0 aliphatic carbocycles. The van der Waals surface area contributed by atoms with Gasteiger partial charge in [0, 0.05) is 26.2 Å². The van der Waals surface area contributed by atoms with Gasteiger partial charge in [-0.05, 0) is 45.1 Å². The number of benzene rings is 1. The van der Waals surface area contributed by atoms with Crippen LogP contribution in [0.5, 0.6) is 0 Å². The zero-order valence-corrected chi connectivity index (χ0v) is 24.4. The number of hydrogen-bond acceptors (Lipinski definition) is 5. The van der Waals surface area contributed by atoms with Crippen LogP contribution in [-0.2, 0) is 25.5 Å². The maximum absolute atomic E-state index is 14.6. The summed E-state index contributed by atoms with van der Waals surface area (Å²) in [7, 11) is 1.70. The molecule has 3 fully saturated rings. The summed E-state index contributed by atoms with van der Waals surface area (Å²) in [5.74, 6) is -2.21. The molecule has 1 aromatic carbocycles. The average Bonchev–Trinajstić information content (AvgIpc) is 3.51. The van der Waals surface area contributed by atoms with Gasteiger partial charge in [-0.25, -0.2) is 0 Å². The summed E-state index contributed by atoms with van der Waals surface area (Å²) >= 11 is 0. The van der Waals surface area contributed by atoms with E-state index in [9.17, 15) is 19.5 Å². The fourth-order valence-electron chi connectivity index (χ4n) is 7.43. The van der Waals surface area contributed by atoms with Crippen molar-refractivity contribution in [2.24, 2.45) is 11.8 Å². The number of likely N-dealkylation sites (N-methyl/N-ethyl adjacent to an activating group) is 1. The first kappa shape index (κ1) is 30.0. The summed E-state index contributed by atoms with van der Waals surface area (Å²) in [5.41, 5.74) is -1.05. The number of rotatable bonds is 13. The molecule has 3 amide bonds. The van der Waals surface area contributed by atoms with E-state index < -0.39 is 35.1 Å². The monoisotopic (exact) mass is 551 g/mol. The third-order valence-corrected chi connectivity index (χ3v) is 9.26. The first-order chi connectivity index (χ1) is 19.1. The van der Waals surface area contributed by atoms with Gasteiger partial charge in [0.15, 0.2) is 0 Å². The number of likely N-dealkylation sites (tertiary alicyclic amines) is 1. The van der Waals surface area contributed by atoms with Gasteiger partial charge in [-0.2, -0.15) is 0 Å². The molecule has 0 aromatic heterocycles. The van der Waals surface area contributed by atoms with Crippen molar-refractivity contribution in [1.29, 1.82) is 0 Å². The zero-order chi connectivity index (χ0) is 29.2. The molecule has 3 unspecified atom stereocenters. The molecular formula is C32H45N3O5. The van der Waals surface area contributed by atoms with Crippen molar-refractivity contribution in [3.8, 4) is 0 Å². The van der Waals surface area contributed by atoms with E-state index in [0.717, 1.165) is 18.4 Å². The summed E-state index contributed by atoms with van der Waals surface area (Å²) in [5, 5.41) is 10.7. The fraction of sp³-hybridized carbons (Fsp3) is 0.594. The minimum Gasteiger partial charge on any atom is -0.394 e. The lowest BCUT2D eigenvalue weighted by atomic mass is 9.66. The zero-order valence-electron chi connectivity index (χ0n) is 24.4. The maximum Gasteiger partial charge on any atom is 0.248 e. The SMILES string of the molecule is C=CCN(C)C(=O)[C@H]1[C@H]2C(=O)N([C@@H](CO)Cc3ccccc3)C(C(=O)N(CC=C)C(C)CCC)C23CC[C@]1(C)O3. The topological polar surface area (TPSA) is 90.4 Å².